The van der Waals surface area contributed by atoms with Crippen LogP contribution in [0.25, 0.3) is 11.0 Å². The van der Waals surface area contributed by atoms with E-state index in [2.05, 4.69) is 5.32 Å². The summed E-state index contributed by atoms with van der Waals surface area (Å²) in [5, 5.41) is 3.82. The Morgan fingerprint density at radius 3 is 2.65 bits per heavy atom. The lowest BCUT2D eigenvalue weighted by atomic mass is 10.2. The van der Waals surface area contributed by atoms with Crippen LogP contribution in [-0.4, -0.2) is 5.97 Å². The van der Waals surface area contributed by atoms with Crippen molar-refractivity contribution in [2.45, 2.75) is 13.5 Å². The van der Waals surface area contributed by atoms with Crippen molar-refractivity contribution >= 4 is 22.6 Å². The molecule has 5 nitrogen and oxygen atoms in total. The van der Waals surface area contributed by atoms with E-state index < -0.39 is 11.6 Å². The van der Waals surface area contributed by atoms with Gasteiger partial charge < -0.3 is 14.5 Å². The molecule has 5 heteroatoms. The molecule has 0 aliphatic rings. The molecular formula is C18H15NO4. The maximum atomic E-state index is 12.1. The van der Waals surface area contributed by atoms with Gasteiger partial charge in [0.05, 0.1) is 0 Å². The number of carbonyl (C=O) groups excluding carboxylic acids is 1. The highest BCUT2D eigenvalue weighted by Crippen LogP contribution is 2.22. The van der Waals surface area contributed by atoms with E-state index in [-0.39, 0.29) is 0 Å². The van der Waals surface area contributed by atoms with Gasteiger partial charge in [-0.25, -0.2) is 4.79 Å². The molecule has 116 valence electrons. The number of benzene rings is 2. The van der Waals surface area contributed by atoms with Gasteiger partial charge in [-0.05, 0) is 23.8 Å². The Bertz CT molecular complexity index is 900. The number of hydrogen-bond acceptors (Lipinski definition) is 5. The van der Waals surface area contributed by atoms with Crippen molar-refractivity contribution in [1.29, 1.82) is 0 Å². The number of ether oxygens (including phenoxy) is 1. The molecule has 0 saturated heterocycles. The first-order valence-corrected chi connectivity index (χ1v) is 7.16. The van der Waals surface area contributed by atoms with Crippen molar-refractivity contribution in [3.63, 3.8) is 0 Å². The Balaban J connectivity index is 1.86. The molecule has 0 unspecified atom stereocenters. The van der Waals surface area contributed by atoms with E-state index in [0.29, 0.717) is 23.6 Å². The van der Waals surface area contributed by atoms with Gasteiger partial charge >= 0.3 is 11.6 Å². The normalized spacial score (nSPS) is 10.5. The molecule has 0 fully saturated rings. The molecule has 0 saturated carbocycles. The van der Waals surface area contributed by atoms with E-state index in [1.165, 1.54) is 13.0 Å². The first-order chi connectivity index (χ1) is 11.1. The summed E-state index contributed by atoms with van der Waals surface area (Å²) in [5.74, 6) is -0.0778. The van der Waals surface area contributed by atoms with Gasteiger partial charge in [-0.1, -0.05) is 30.3 Å². The lowest BCUT2D eigenvalue weighted by molar-refractivity contribution is -0.131. The van der Waals surface area contributed by atoms with Crippen LogP contribution in [0.4, 0.5) is 5.69 Å². The van der Waals surface area contributed by atoms with Crippen molar-refractivity contribution in [2.24, 2.45) is 0 Å². The van der Waals surface area contributed by atoms with E-state index in [4.69, 9.17) is 9.15 Å². The number of anilines is 1. The third kappa shape index (κ3) is 3.58. The molecule has 1 heterocycles. The molecule has 1 aromatic heterocycles. The molecule has 0 aliphatic heterocycles. The fraction of sp³-hybridized carbons (Fsp3) is 0.111. The lowest BCUT2D eigenvalue weighted by Crippen LogP contribution is -2.10. The number of nitrogens with one attached hydrogen (secondary N) is 1. The average molecular weight is 309 g/mol. The highest BCUT2D eigenvalue weighted by atomic mass is 16.5. The summed E-state index contributed by atoms with van der Waals surface area (Å²) < 4.78 is 10.3. The zero-order valence-electron chi connectivity index (χ0n) is 12.5. The van der Waals surface area contributed by atoms with Crippen molar-refractivity contribution in [1.82, 2.24) is 0 Å². The Morgan fingerprint density at radius 2 is 1.91 bits per heavy atom. The molecule has 23 heavy (non-hydrogen) atoms. The Morgan fingerprint density at radius 1 is 1.13 bits per heavy atom. The molecule has 0 radical (unpaired) electrons. The number of carbonyl (C=O) groups is 1. The van der Waals surface area contributed by atoms with Crippen molar-refractivity contribution in [3.8, 4) is 5.75 Å². The summed E-state index contributed by atoms with van der Waals surface area (Å²) in [6.07, 6.45) is 0. The molecule has 0 bridgehead atoms. The van der Waals surface area contributed by atoms with E-state index in [1.54, 1.807) is 18.2 Å². The minimum atomic E-state index is -0.464. The number of hydrogen-bond donors (Lipinski definition) is 1. The van der Waals surface area contributed by atoms with Crippen LogP contribution >= 0.6 is 0 Å². The molecule has 1 N–H and O–H groups in total. The number of rotatable bonds is 4. The summed E-state index contributed by atoms with van der Waals surface area (Å²) in [6, 6.07) is 16.4. The smallest absolute Gasteiger partial charge is 0.359 e. The zero-order chi connectivity index (χ0) is 16.2. The molecule has 3 rings (SSSR count). The maximum absolute atomic E-state index is 12.1. The third-order valence-electron chi connectivity index (χ3n) is 3.29. The monoisotopic (exact) mass is 309 g/mol. The summed E-state index contributed by atoms with van der Waals surface area (Å²) in [6.45, 7) is 1.85. The van der Waals surface area contributed by atoms with Crippen LogP contribution in [0.2, 0.25) is 0 Å². The van der Waals surface area contributed by atoms with Gasteiger partial charge in [0.2, 0.25) is 0 Å². The summed E-state index contributed by atoms with van der Waals surface area (Å²) in [7, 11) is 0. The van der Waals surface area contributed by atoms with Crippen LogP contribution in [-0.2, 0) is 11.3 Å². The van der Waals surface area contributed by atoms with Crippen LogP contribution in [0.1, 0.15) is 12.5 Å². The molecule has 0 aliphatic carbocycles. The highest BCUT2D eigenvalue weighted by molar-refractivity contribution is 5.82. The largest absolute Gasteiger partial charge is 0.427 e. The van der Waals surface area contributed by atoms with Gasteiger partial charge in [0.25, 0.3) is 0 Å². The fourth-order valence-electron chi connectivity index (χ4n) is 2.24. The van der Waals surface area contributed by atoms with Gasteiger partial charge in [-0.3, -0.25) is 4.79 Å². The van der Waals surface area contributed by atoms with Crippen molar-refractivity contribution < 1.29 is 13.9 Å². The first kappa shape index (κ1) is 14.8. The van der Waals surface area contributed by atoms with Gasteiger partial charge in [0.15, 0.2) is 0 Å². The van der Waals surface area contributed by atoms with Crippen molar-refractivity contribution in [2.75, 3.05) is 5.32 Å². The van der Waals surface area contributed by atoms with Crippen LogP contribution in [0.3, 0.4) is 0 Å². The Hall–Kier alpha value is -3.08. The predicted molar refractivity (Wildman–Crippen MR) is 87.6 cm³/mol. The fourth-order valence-corrected chi connectivity index (χ4v) is 2.24. The molecule has 2 aromatic carbocycles. The second kappa shape index (κ2) is 6.36. The summed E-state index contributed by atoms with van der Waals surface area (Å²) in [4.78, 5) is 23.0. The Kier molecular flexibility index (Phi) is 4.10. The van der Waals surface area contributed by atoms with Crippen LogP contribution in [0, 0.1) is 0 Å². The molecule has 0 spiro atoms. The lowest BCUT2D eigenvalue weighted by Gasteiger charge is -2.07. The second-order valence-electron chi connectivity index (χ2n) is 5.08. The molecule has 0 atom stereocenters. The standard InChI is InChI=1S/C18H15NO4/c1-12(20)22-15-8-7-14-9-16(18(21)23-17(14)10-15)19-11-13-5-3-2-4-6-13/h2-10,19H,11H2,1H3. The SMILES string of the molecule is CC(=O)Oc1ccc2cc(NCc3ccccc3)c(=O)oc2c1. The number of esters is 1. The van der Waals surface area contributed by atoms with E-state index in [1.807, 2.05) is 30.3 Å². The van der Waals surface area contributed by atoms with E-state index in [9.17, 15) is 9.59 Å². The quantitative estimate of drug-likeness (QED) is 0.455. The second-order valence-corrected chi connectivity index (χ2v) is 5.08. The summed E-state index contributed by atoms with van der Waals surface area (Å²) >= 11 is 0. The minimum Gasteiger partial charge on any atom is -0.427 e. The van der Waals surface area contributed by atoms with Gasteiger partial charge in [0.1, 0.15) is 17.0 Å². The number of fused-ring (bicyclic) bond motifs is 1. The summed E-state index contributed by atoms with van der Waals surface area (Å²) in [5.41, 5.74) is 1.37. The van der Waals surface area contributed by atoms with Gasteiger partial charge in [-0.15, -0.1) is 0 Å². The van der Waals surface area contributed by atoms with Crippen LogP contribution < -0.4 is 15.7 Å². The highest BCUT2D eigenvalue weighted by Gasteiger charge is 2.07. The molecule has 0 amide bonds. The third-order valence-corrected chi connectivity index (χ3v) is 3.29. The van der Waals surface area contributed by atoms with Crippen LogP contribution in [0.5, 0.6) is 5.75 Å². The van der Waals surface area contributed by atoms with Gasteiger partial charge in [0, 0.05) is 24.9 Å². The van der Waals surface area contributed by atoms with Crippen molar-refractivity contribution in [3.05, 3.63) is 70.6 Å². The molecule has 3 aromatic rings. The van der Waals surface area contributed by atoms with E-state index >= 15 is 0 Å². The predicted octanol–water partition coefficient (Wildman–Crippen LogP) is 3.33. The average Bonchev–Trinajstić information content (AvgIpc) is 2.53. The molecular weight excluding hydrogens is 294 g/mol. The topological polar surface area (TPSA) is 68.5 Å². The van der Waals surface area contributed by atoms with Crippen LogP contribution in [0.15, 0.2) is 63.8 Å². The minimum absolute atomic E-state index is 0.346. The Labute approximate surface area is 132 Å². The maximum Gasteiger partial charge on any atom is 0.359 e. The first-order valence-electron chi connectivity index (χ1n) is 7.16. The zero-order valence-corrected chi connectivity index (χ0v) is 12.5. The van der Waals surface area contributed by atoms with E-state index in [0.717, 1.165) is 10.9 Å². The van der Waals surface area contributed by atoms with Gasteiger partial charge in [-0.2, -0.15) is 0 Å².